The van der Waals surface area contributed by atoms with Crippen molar-refractivity contribution in [3.05, 3.63) is 57.9 Å². The minimum absolute atomic E-state index is 0.0231. The summed E-state index contributed by atoms with van der Waals surface area (Å²) in [4.78, 5) is 11.3. The van der Waals surface area contributed by atoms with Gasteiger partial charge in [-0.1, -0.05) is 23.7 Å². The Morgan fingerprint density at radius 1 is 1.17 bits per heavy atom. The van der Waals surface area contributed by atoms with Crippen LogP contribution in [0, 0.1) is 19.7 Å². The Hall–Kier alpha value is -2.27. The predicted octanol–water partition coefficient (Wildman–Crippen LogP) is 4.82. The SMILES string of the molecule is COC(=O)Oc1cccc(C)c1COc1cc(Cl)c(C)cc1F. The summed E-state index contributed by atoms with van der Waals surface area (Å²) in [6.07, 6.45) is -0.832. The molecular formula is C17H16ClFO4. The van der Waals surface area contributed by atoms with Gasteiger partial charge in [-0.05, 0) is 37.1 Å². The molecule has 0 aliphatic carbocycles. The highest BCUT2D eigenvalue weighted by Gasteiger charge is 2.14. The van der Waals surface area contributed by atoms with Gasteiger partial charge in [0.25, 0.3) is 0 Å². The van der Waals surface area contributed by atoms with Crippen LogP contribution in [0.3, 0.4) is 0 Å². The lowest BCUT2D eigenvalue weighted by Gasteiger charge is -2.14. The molecule has 0 aromatic heterocycles. The molecule has 122 valence electrons. The number of hydrogen-bond acceptors (Lipinski definition) is 4. The summed E-state index contributed by atoms with van der Waals surface area (Å²) < 4.78 is 29.0. The van der Waals surface area contributed by atoms with Crippen LogP contribution < -0.4 is 9.47 Å². The Morgan fingerprint density at radius 2 is 1.91 bits per heavy atom. The third-order valence-corrected chi connectivity index (χ3v) is 3.72. The molecule has 2 aromatic carbocycles. The highest BCUT2D eigenvalue weighted by molar-refractivity contribution is 6.31. The van der Waals surface area contributed by atoms with Crippen LogP contribution in [0.2, 0.25) is 5.02 Å². The van der Waals surface area contributed by atoms with Crippen molar-refractivity contribution in [1.82, 2.24) is 0 Å². The minimum atomic E-state index is -0.832. The van der Waals surface area contributed by atoms with Crippen LogP contribution in [0.1, 0.15) is 16.7 Å². The molecule has 0 N–H and O–H groups in total. The fraction of sp³-hybridized carbons (Fsp3) is 0.235. The van der Waals surface area contributed by atoms with Gasteiger partial charge in [0.05, 0.1) is 7.11 Å². The van der Waals surface area contributed by atoms with E-state index in [4.69, 9.17) is 21.1 Å². The summed E-state index contributed by atoms with van der Waals surface area (Å²) in [5.41, 5.74) is 2.08. The molecule has 0 aliphatic rings. The second-order valence-corrected chi connectivity index (χ2v) is 5.34. The summed E-state index contributed by atoms with van der Waals surface area (Å²) in [6.45, 7) is 3.56. The number of carbonyl (C=O) groups is 1. The maximum atomic E-state index is 13.9. The Balaban J connectivity index is 2.23. The molecule has 0 radical (unpaired) electrons. The van der Waals surface area contributed by atoms with E-state index in [1.165, 1.54) is 19.2 Å². The molecule has 0 heterocycles. The van der Waals surface area contributed by atoms with Gasteiger partial charge in [-0.3, -0.25) is 0 Å². The summed E-state index contributed by atoms with van der Waals surface area (Å²) in [5.74, 6) is -0.167. The summed E-state index contributed by atoms with van der Waals surface area (Å²) in [7, 11) is 1.22. The Bertz CT molecular complexity index is 731. The van der Waals surface area contributed by atoms with Crippen molar-refractivity contribution in [2.75, 3.05) is 7.11 Å². The molecule has 4 nitrogen and oxygen atoms in total. The van der Waals surface area contributed by atoms with E-state index in [1.807, 2.05) is 13.0 Å². The van der Waals surface area contributed by atoms with E-state index in [9.17, 15) is 9.18 Å². The van der Waals surface area contributed by atoms with Crippen molar-refractivity contribution in [2.24, 2.45) is 0 Å². The van der Waals surface area contributed by atoms with E-state index in [-0.39, 0.29) is 12.4 Å². The van der Waals surface area contributed by atoms with Gasteiger partial charge in [0, 0.05) is 16.7 Å². The minimum Gasteiger partial charge on any atom is -0.486 e. The first-order valence-corrected chi connectivity index (χ1v) is 7.23. The second-order valence-electron chi connectivity index (χ2n) is 4.93. The van der Waals surface area contributed by atoms with E-state index in [2.05, 4.69) is 4.74 Å². The largest absolute Gasteiger partial charge is 0.513 e. The maximum Gasteiger partial charge on any atom is 0.513 e. The van der Waals surface area contributed by atoms with Crippen molar-refractivity contribution in [1.29, 1.82) is 0 Å². The monoisotopic (exact) mass is 338 g/mol. The van der Waals surface area contributed by atoms with Crippen molar-refractivity contribution in [3.63, 3.8) is 0 Å². The molecule has 0 saturated heterocycles. The average Bonchev–Trinajstić information content (AvgIpc) is 2.51. The number of rotatable bonds is 4. The lowest BCUT2D eigenvalue weighted by atomic mass is 10.1. The number of methoxy groups -OCH3 is 1. The van der Waals surface area contributed by atoms with Crippen LogP contribution in [0.15, 0.2) is 30.3 Å². The summed E-state index contributed by atoms with van der Waals surface area (Å²) >= 11 is 5.99. The zero-order chi connectivity index (χ0) is 17.0. The number of halogens is 2. The molecule has 0 unspecified atom stereocenters. The first-order valence-electron chi connectivity index (χ1n) is 6.85. The van der Waals surface area contributed by atoms with Gasteiger partial charge in [0.1, 0.15) is 12.4 Å². The highest BCUT2D eigenvalue weighted by atomic mass is 35.5. The molecule has 23 heavy (non-hydrogen) atoms. The van der Waals surface area contributed by atoms with E-state index in [1.54, 1.807) is 19.1 Å². The smallest absolute Gasteiger partial charge is 0.486 e. The number of aryl methyl sites for hydroxylation is 2. The van der Waals surface area contributed by atoms with E-state index < -0.39 is 12.0 Å². The normalized spacial score (nSPS) is 10.3. The fourth-order valence-corrected chi connectivity index (χ4v) is 2.13. The van der Waals surface area contributed by atoms with Gasteiger partial charge in [-0.15, -0.1) is 0 Å². The molecule has 0 spiro atoms. The van der Waals surface area contributed by atoms with Crippen molar-refractivity contribution >= 4 is 17.8 Å². The van der Waals surface area contributed by atoms with Crippen LogP contribution in [0.25, 0.3) is 0 Å². The lowest BCUT2D eigenvalue weighted by molar-refractivity contribution is 0.120. The van der Waals surface area contributed by atoms with Crippen LogP contribution in [0.4, 0.5) is 9.18 Å². The van der Waals surface area contributed by atoms with Crippen LogP contribution in [-0.2, 0) is 11.3 Å². The molecule has 0 bridgehead atoms. The number of hydrogen-bond donors (Lipinski definition) is 0. The van der Waals surface area contributed by atoms with Crippen molar-refractivity contribution in [2.45, 2.75) is 20.5 Å². The van der Waals surface area contributed by atoms with Gasteiger partial charge in [0.2, 0.25) is 0 Å². The highest BCUT2D eigenvalue weighted by Crippen LogP contribution is 2.29. The molecular weight excluding hydrogens is 323 g/mol. The van der Waals surface area contributed by atoms with E-state index in [0.717, 1.165) is 5.56 Å². The van der Waals surface area contributed by atoms with Crippen molar-refractivity contribution in [3.8, 4) is 11.5 Å². The molecule has 0 fully saturated rings. The van der Waals surface area contributed by atoms with E-state index in [0.29, 0.717) is 21.9 Å². The van der Waals surface area contributed by atoms with Gasteiger partial charge >= 0.3 is 6.16 Å². The lowest BCUT2D eigenvalue weighted by Crippen LogP contribution is -2.10. The predicted molar refractivity (Wildman–Crippen MR) is 84.7 cm³/mol. The van der Waals surface area contributed by atoms with Gasteiger partial charge < -0.3 is 14.2 Å². The topological polar surface area (TPSA) is 44.8 Å². The fourth-order valence-electron chi connectivity index (χ4n) is 1.98. The van der Waals surface area contributed by atoms with E-state index >= 15 is 0 Å². The molecule has 6 heteroatoms. The van der Waals surface area contributed by atoms with Gasteiger partial charge in [-0.2, -0.15) is 0 Å². The maximum absolute atomic E-state index is 13.9. The molecule has 0 atom stereocenters. The summed E-state index contributed by atoms with van der Waals surface area (Å²) in [6, 6.07) is 7.91. The third kappa shape index (κ3) is 4.13. The van der Waals surface area contributed by atoms with Gasteiger partial charge in [0.15, 0.2) is 11.6 Å². The molecule has 0 aliphatic heterocycles. The second kappa shape index (κ2) is 7.33. The molecule has 2 rings (SSSR count). The Labute approximate surface area is 138 Å². The van der Waals surface area contributed by atoms with Crippen LogP contribution in [0.5, 0.6) is 11.5 Å². The van der Waals surface area contributed by atoms with Crippen LogP contribution >= 0.6 is 11.6 Å². The zero-order valence-corrected chi connectivity index (χ0v) is 13.7. The first kappa shape index (κ1) is 17.1. The van der Waals surface area contributed by atoms with Crippen LogP contribution in [-0.4, -0.2) is 13.3 Å². The Morgan fingerprint density at radius 3 is 2.61 bits per heavy atom. The molecule has 0 amide bonds. The molecule has 0 saturated carbocycles. The Kier molecular flexibility index (Phi) is 5.45. The number of benzene rings is 2. The van der Waals surface area contributed by atoms with Gasteiger partial charge in [-0.25, -0.2) is 9.18 Å². The molecule has 2 aromatic rings. The standard InChI is InChI=1S/C17H16ClFO4/c1-10-5-4-6-15(23-17(20)21-3)12(10)9-22-16-8-13(18)11(2)7-14(16)19/h4-8H,9H2,1-3H3. The zero-order valence-electron chi connectivity index (χ0n) is 13.0. The number of carbonyl (C=O) groups excluding carboxylic acids is 1. The first-order chi connectivity index (χ1) is 10.9. The summed E-state index contributed by atoms with van der Waals surface area (Å²) in [5, 5.41) is 0.414. The average molecular weight is 339 g/mol. The van der Waals surface area contributed by atoms with Crippen molar-refractivity contribution < 1.29 is 23.4 Å². The number of ether oxygens (including phenoxy) is 3. The quantitative estimate of drug-likeness (QED) is 0.592. The third-order valence-electron chi connectivity index (χ3n) is 3.31.